The average molecular weight is 296 g/mol. The molecule has 22 heavy (non-hydrogen) atoms. The van der Waals surface area contributed by atoms with E-state index in [-0.39, 0.29) is 0 Å². The summed E-state index contributed by atoms with van der Waals surface area (Å²) in [6.07, 6.45) is 3.50. The highest BCUT2D eigenvalue weighted by atomic mass is 16.5. The highest BCUT2D eigenvalue weighted by Gasteiger charge is 2.06. The fourth-order valence-electron chi connectivity index (χ4n) is 2.03. The second-order valence-corrected chi connectivity index (χ2v) is 4.76. The second kappa shape index (κ2) is 6.26. The molecule has 1 N–H and O–H groups in total. The van der Waals surface area contributed by atoms with E-state index in [1.807, 2.05) is 31.2 Å². The Balaban J connectivity index is 1.74. The van der Waals surface area contributed by atoms with Gasteiger partial charge in [0.1, 0.15) is 18.2 Å². The van der Waals surface area contributed by atoms with Gasteiger partial charge >= 0.3 is 0 Å². The first-order valence-electron chi connectivity index (χ1n) is 6.85. The Morgan fingerprint density at radius 1 is 1.14 bits per heavy atom. The van der Waals surface area contributed by atoms with Gasteiger partial charge in [-0.05, 0) is 24.6 Å². The minimum atomic E-state index is 0.436. The van der Waals surface area contributed by atoms with E-state index < -0.39 is 0 Å². The van der Waals surface area contributed by atoms with E-state index in [0.29, 0.717) is 18.3 Å². The van der Waals surface area contributed by atoms with Gasteiger partial charge in [0.15, 0.2) is 0 Å². The standard InChI is InChI=1S/C16H16N4O2/c1-11-19-15(13-8-17-18-9-13)7-16(20-11)22-10-12-3-5-14(21-2)6-4-12/h3-9H,10H2,1-2H3,(H,17,18). The molecule has 0 fully saturated rings. The molecule has 0 radical (unpaired) electrons. The van der Waals surface area contributed by atoms with Crippen molar-refractivity contribution in [2.24, 2.45) is 0 Å². The van der Waals surface area contributed by atoms with Crippen molar-refractivity contribution < 1.29 is 9.47 Å². The van der Waals surface area contributed by atoms with Crippen molar-refractivity contribution in [2.75, 3.05) is 7.11 Å². The van der Waals surface area contributed by atoms with Crippen molar-refractivity contribution in [2.45, 2.75) is 13.5 Å². The van der Waals surface area contributed by atoms with Crippen LogP contribution in [0.5, 0.6) is 11.6 Å². The van der Waals surface area contributed by atoms with Gasteiger partial charge in [-0.1, -0.05) is 12.1 Å². The lowest BCUT2D eigenvalue weighted by Gasteiger charge is -2.08. The Hall–Kier alpha value is -2.89. The number of aromatic nitrogens is 4. The van der Waals surface area contributed by atoms with Crippen molar-refractivity contribution >= 4 is 0 Å². The minimum absolute atomic E-state index is 0.436. The van der Waals surface area contributed by atoms with Crippen LogP contribution in [-0.2, 0) is 6.61 Å². The molecule has 0 amide bonds. The molecule has 112 valence electrons. The Kier molecular flexibility index (Phi) is 4.00. The van der Waals surface area contributed by atoms with Crippen molar-refractivity contribution in [1.29, 1.82) is 0 Å². The van der Waals surface area contributed by atoms with E-state index in [1.165, 1.54) is 0 Å². The number of aromatic amines is 1. The summed E-state index contributed by atoms with van der Waals surface area (Å²) < 4.78 is 10.9. The molecule has 0 bridgehead atoms. The Morgan fingerprint density at radius 2 is 1.95 bits per heavy atom. The quantitative estimate of drug-likeness (QED) is 0.783. The maximum absolute atomic E-state index is 5.76. The van der Waals surface area contributed by atoms with Gasteiger partial charge in [0.2, 0.25) is 5.88 Å². The fraction of sp³-hybridized carbons (Fsp3) is 0.188. The molecule has 0 aliphatic rings. The number of nitrogens with one attached hydrogen (secondary N) is 1. The summed E-state index contributed by atoms with van der Waals surface area (Å²) in [6, 6.07) is 9.54. The molecule has 3 rings (SSSR count). The number of hydrogen-bond donors (Lipinski definition) is 1. The number of hydrogen-bond acceptors (Lipinski definition) is 5. The van der Waals surface area contributed by atoms with E-state index in [1.54, 1.807) is 25.6 Å². The molecule has 1 aromatic carbocycles. The van der Waals surface area contributed by atoms with Crippen molar-refractivity contribution in [3.05, 3.63) is 54.1 Å². The number of aryl methyl sites for hydroxylation is 1. The van der Waals surface area contributed by atoms with Gasteiger partial charge in [-0.2, -0.15) is 10.1 Å². The van der Waals surface area contributed by atoms with Crippen LogP contribution in [0.15, 0.2) is 42.7 Å². The molecule has 0 atom stereocenters. The summed E-state index contributed by atoms with van der Waals surface area (Å²) in [5.74, 6) is 2.02. The predicted octanol–water partition coefficient (Wildman–Crippen LogP) is 2.76. The van der Waals surface area contributed by atoms with Gasteiger partial charge in [0, 0.05) is 17.8 Å². The van der Waals surface area contributed by atoms with Gasteiger partial charge in [0.05, 0.1) is 19.0 Å². The van der Waals surface area contributed by atoms with E-state index in [2.05, 4.69) is 20.2 Å². The van der Waals surface area contributed by atoms with Crippen LogP contribution in [0.3, 0.4) is 0 Å². The van der Waals surface area contributed by atoms with Gasteiger partial charge < -0.3 is 9.47 Å². The third-order valence-corrected chi connectivity index (χ3v) is 3.15. The Labute approximate surface area is 128 Å². The lowest BCUT2D eigenvalue weighted by atomic mass is 10.2. The van der Waals surface area contributed by atoms with Gasteiger partial charge in [-0.3, -0.25) is 5.10 Å². The van der Waals surface area contributed by atoms with Crippen molar-refractivity contribution in [3.63, 3.8) is 0 Å². The monoisotopic (exact) mass is 296 g/mol. The Bertz CT molecular complexity index is 739. The summed E-state index contributed by atoms with van der Waals surface area (Å²) >= 11 is 0. The number of nitrogens with zero attached hydrogens (tertiary/aromatic N) is 3. The summed E-state index contributed by atoms with van der Waals surface area (Å²) in [5.41, 5.74) is 2.73. The molecule has 0 spiro atoms. The first-order valence-corrected chi connectivity index (χ1v) is 6.85. The van der Waals surface area contributed by atoms with Crippen molar-refractivity contribution in [3.8, 4) is 22.9 Å². The average Bonchev–Trinajstić information content (AvgIpc) is 3.07. The fourth-order valence-corrected chi connectivity index (χ4v) is 2.03. The smallest absolute Gasteiger partial charge is 0.217 e. The highest BCUT2D eigenvalue weighted by Crippen LogP contribution is 2.20. The van der Waals surface area contributed by atoms with Gasteiger partial charge in [-0.15, -0.1) is 0 Å². The number of methoxy groups -OCH3 is 1. The van der Waals surface area contributed by atoms with Crippen LogP contribution in [0.4, 0.5) is 0 Å². The molecular formula is C16H16N4O2. The molecule has 6 nitrogen and oxygen atoms in total. The first kappa shape index (κ1) is 14.1. The number of benzene rings is 1. The van der Waals surface area contributed by atoms with Gasteiger partial charge in [0.25, 0.3) is 0 Å². The molecule has 0 saturated heterocycles. The summed E-state index contributed by atoms with van der Waals surface area (Å²) in [7, 11) is 1.65. The Morgan fingerprint density at radius 3 is 2.64 bits per heavy atom. The third kappa shape index (κ3) is 3.22. The zero-order valence-corrected chi connectivity index (χ0v) is 12.4. The van der Waals surface area contributed by atoms with Crippen LogP contribution in [0.1, 0.15) is 11.4 Å². The van der Waals surface area contributed by atoms with Crippen LogP contribution in [0.2, 0.25) is 0 Å². The SMILES string of the molecule is COc1ccc(COc2cc(-c3cn[nH]c3)nc(C)n2)cc1. The number of H-pyrrole nitrogens is 1. The molecule has 0 aliphatic carbocycles. The van der Waals surface area contributed by atoms with Crippen LogP contribution in [0.25, 0.3) is 11.3 Å². The largest absolute Gasteiger partial charge is 0.497 e. The predicted molar refractivity (Wildman–Crippen MR) is 81.7 cm³/mol. The molecule has 6 heteroatoms. The van der Waals surface area contributed by atoms with E-state index in [4.69, 9.17) is 9.47 Å². The zero-order chi connectivity index (χ0) is 15.4. The van der Waals surface area contributed by atoms with Crippen LogP contribution < -0.4 is 9.47 Å². The molecular weight excluding hydrogens is 280 g/mol. The molecule has 0 saturated carbocycles. The minimum Gasteiger partial charge on any atom is -0.497 e. The zero-order valence-electron chi connectivity index (χ0n) is 12.4. The van der Waals surface area contributed by atoms with E-state index in [9.17, 15) is 0 Å². The first-order chi connectivity index (χ1) is 10.7. The lowest BCUT2D eigenvalue weighted by molar-refractivity contribution is 0.292. The van der Waals surface area contributed by atoms with E-state index in [0.717, 1.165) is 22.6 Å². The van der Waals surface area contributed by atoms with Crippen LogP contribution >= 0.6 is 0 Å². The van der Waals surface area contributed by atoms with Crippen LogP contribution in [0, 0.1) is 6.92 Å². The third-order valence-electron chi connectivity index (χ3n) is 3.15. The molecule has 2 aromatic heterocycles. The molecule has 0 aliphatic heterocycles. The lowest BCUT2D eigenvalue weighted by Crippen LogP contribution is -2.00. The maximum Gasteiger partial charge on any atom is 0.217 e. The van der Waals surface area contributed by atoms with Gasteiger partial charge in [-0.25, -0.2) is 4.98 Å². The van der Waals surface area contributed by atoms with Crippen LogP contribution in [-0.4, -0.2) is 27.3 Å². The normalized spacial score (nSPS) is 10.5. The number of ether oxygens (including phenoxy) is 2. The second-order valence-electron chi connectivity index (χ2n) is 4.76. The number of rotatable bonds is 5. The van der Waals surface area contributed by atoms with E-state index >= 15 is 0 Å². The summed E-state index contributed by atoms with van der Waals surface area (Å²) in [4.78, 5) is 8.69. The maximum atomic E-state index is 5.76. The molecule has 2 heterocycles. The summed E-state index contributed by atoms with van der Waals surface area (Å²) in [6.45, 7) is 2.27. The van der Waals surface area contributed by atoms with Crippen molar-refractivity contribution in [1.82, 2.24) is 20.2 Å². The molecule has 0 unspecified atom stereocenters. The molecule has 3 aromatic rings. The topological polar surface area (TPSA) is 72.9 Å². The highest BCUT2D eigenvalue weighted by molar-refractivity contribution is 5.57. The summed E-state index contributed by atoms with van der Waals surface area (Å²) in [5, 5.41) is 6.70.